The molecule has 146 valence electrons. The van der Waals surface area contributed by atoms with E-state index < -0.39 is 5.97 Å². The van der Waals surface area contributed by atoms with Gasteiger partial charge >= 0.3 is 5.97 Å². The summed E-state index contributed by atoms with van der Waals surface area (Å²) in [5.41, 5.74) is 1.86. The van der Waals surface area contributed by atoms with Crippen LogP contribution in [0.25, 0.3) is 0 Å². The average molecular weight is 383 g/mol. The Morgan fingerprint density at radius 1 is 1.14 bits per heavy atom. The van der Waals surface area contributed by atoms with Gasteiger partial charge in [0.2, 0.25) is 5.91 Å². The van der Waals surface area contributed by atoms with Gasteiger partial charge in [-0.3, -0.25) is 4.79 Å². The third-order valence-corrected chi connectivity index (χ3v) is 5.08. The largest absolute Gasteiger partial charge is 0.496 e. The van der Waals surface area contributed by atoms with Crippen LogP contribution in [0.4, 0.5) is 0 Å². The molecule has 1 amide bonds. The van der Waals surface area contributed by atoms with E-state index in [1.54, 1.807) is 12.1 Å². The molecule has 2 aromatic rings. The molecule has 7 nitrogen and oxygen atoms in total. The van der Waals surface area contributed by atoms with Crippen molar-refractivity contribution < 1.29 is 28.9 Å². The van der Waals surface area contributed by atoms with Crippen LogP contribution < -0.4 is 19.5 Å². The second kappa shape index (κ2) is 7.42. The van der Waals surface area contributed by atoms with E-state index in [1.807, 2.05) is 18.2 Å². The molecule has 0 radical (unpaired) electrons. The number of hydrogen-bond acceptors (Lipinski definition) is 5. The zero-order valence-electron chi connectivity index (χ0n) is 15.4. The van der Waals surface area contributed by atoms with E-state index in [-0.39, 0.29) is 29.9 Å². The number of carbonyl (C=O) groups excluding carboxylic acids is 1. The molecule has 2 aliphatic rings. The number of methoxy groups -OCH3 is 1. The highest BCUT2D eigenvalue weighted by Crippen LogP contribution is 2.49. The Hall–Kier alpha value is -3.22. The molecule has 0 aromatic heterocycles. The lowest BCUT2D eigenvalue weighted by molar-refractivity contribution is -0.122. The fourth-order valence-corrected chi connectivity index (χ4v) is 3.50. The molecule has 0 saturated heterocycles. The number of carbonyl (C=O) groups is 2. The molecule has 1 fully saturated rings. The average Bonchev–Trinajstić information content (AvgIpc) is 3.52. The summed E-state index contributed by atoms with van der Waals surface area (Å²) in [5.74, 6) is 0.752. The first-order valence-corrected chi connectivity index (χ1v) is 9.14. The van der Waals surface area contributed by atoms with Gasteiger partial charge < -0.3 is 24.6 Å². The molecule has 1 aliphatic heterocycles. The molecule has 0 spiro atoms. The lowest BCUT2D eigenvalue weighted by Crippen LogP contribution is -2.25. The third-order valence-electron chi connectivity index (χ3n) is 5.08. The van der Waals surface area contributed by atoms with Crippen molar-refractivity contribution in [2.75, 3.05) is 20.3 Å². The molecule has 1 heterocycles. The number of amides is 1. The second-order valence-electron chi connectivity index (χ2n) is 6.91. The van der Waals surface area contributed by atoms with E-state index in [0.29, 0.717) is 24.5 Å². The maximum Gasteiger partial charge on any atom is 0.339 e. The van der Waals surface area contributed by atoms with Gasteiger partial charge in [0.25, 0.3) is 0 Å². The maximum atomic E-state index is 12.5. The molecular weight excluding hydrogens is 362 g/mol. The van der Waals surface area contributed by atoms with Gasteiger partial charge in [-0.25, -0.2) is 4.79 Å². The quantitative estimate of drug-likeness (QED) is 0.796. The second-order valence-corrected chi connectivity index (χ2v) is 6.91. The van der Waals surface area contributed by atoms with Crippen LogP contribution in [0.1, 0.15) is 33.8 Å². The van der Waals surface area contributed by atoms with Gasteiger partial charge in [-0.05, 0) is 47.7 Å². The summed E-state index contributed by atoms with van der Waals surface area (Å²) in [6.07, 6.45) is 0.786. The summed E-state index contributed by atoms with van der Waals surface area (Å²) in [4.78, 5) is 23.8. The van der Waals surface area contributed by atoms with E-state index in [2.05, 4.69) is 5.32 Å². The monoisotopic (exact) mass is 383 g/mol. The summed E-state index contributed by atoms with van der Waals surface area (Å²) < 4.78 is 16.2. The van der Waals surface area contributed by atoms with Gasteiger partial charge in [0.05, 0.1) is 7.11 Å². The Morgan fingerprint density at radius 3 is 2.68 bits per heavy atom. The van der Waals surface area contributed by atoms with Gasteiger partial charge in [0, 0.05) is 12.5 Å². The first-order valence-electron chi connectivity index (χ1n) is 9.14. The van der Waals surface area contributed by atoms with Gasteiger partial charge in [-0.2, -0.15) is 0 Å². The number of benzene rings is 2. The number of carboxylic acids is 1. The predicted molar refractivity (Wildman–Crippen MR) is 100 cm³/mol. The molecule has 28 heavy (non-hydrogen) atoms. The Morgan fingerprint density at radius 2 is 1.93 bits per heavy atom. The molecule has 0 unspecified atom stereocenters. The number of ether oxygens (including phenoxy) is 3. The first kappa shape index (κ1) is 18.2. The van der Waals surface area contributed by atoms with Crippen LogP contribution >= 0.6 is 0 Å². The van der Waals surface area contributed by atoms with Crippen molar-refractivity contribution in [3.05, 3.63) is 53.1 Å². The normalized spacial score (nSPS) is 19.6. The lowest BCUT2D eigenvalue weighted by atomic mass is 10.1. The smallest absolute Gasteiger partial charge is 0.339 e. The molecule has 1 aliphatic carbocycles. The van der Waals surface area contributed by atoms with Crippen LogP contribution in [0.15, 0.2) is 36.4 Å². The van der Waals surface area contributed by atoms with Gasteiger partial charge in [-0.15, -0.1) is 0 Å². The Labute approximate surface area is 162 Å². The fraction of sp³-hybridized carbons (Fsp3) is 0.333. The van der Waals surface area contributed by atoms with Crippen LogP contribution in [0, 0.1) is 5.92 Å². The topological polar surface area (TPSA) is 94.1 Å². The Bertz CT molecular complexity index is 925. The minimum atomic E-state index is -1.06. The number of rotatable bonds is 6. The number of carboxylic acid groups (broad SMARTS) is 1. The zero-order chi connectivity index (χ0) is 19.7. The van der Waals surface area contributed by atoms with Crippen molar-refractivity contribution >= 4 is 11.9 Å². The minimum Gasteiger partial charge on any atom is -0.496 e. The Balaban J connectivity index is 1.37. The van der Waals surface area contributed by atoms with E-state index >= 15 is 0 Å². The molecule has 2 N–H and O–H groups in total. The summed E-state index contributed by atoms with van der Waals surface area (Å²) in [6.45, 7) is 1.36. The highest BCUT2D eigenvalue weighted by atomic mass is 16.6. The van der Waals surface area contributed by atoms with Crippen LogP contribution in [-0.2, 0) is 11.3 Å². The fourth-order valence-electron chi connectivity index (χ4n) is 3.50. The minimum absolute atomic E-state index is 0.0346. The van der Waals surface area contributed by atoms with Crippen LogP contribution in [0.2, 0.25) is 0 Å². The van der Waals surface area contributed by atoms with Crippen molar-refractivity contribution in [1.82, 2.24) is 5.32 Å². The summed E-state index contributed by atoms with van der Waals surface area (Å²) in [7, 11) is 1.42. The van der Waals surface area contributed by atoms with Crippen molar-refractivity contribution in [1.29, 1.82) is 0 Å². The maximum absolute atomic E-state index is 12.5. The SMILES string of the molecule is COc1ccc(CNC(=O)[C@H]2C[C@H]2c2ccc3c(c2)OCCO3)cc1C(=O)O. The van der Waals surface area contributed by atoms with Crippen molar-refractivity contribution in [3.63, 3.8) is 0 Å². The molecule has 4 rings (SSSR count). The number of hydrogen-bond donors (Lipinski definition) is 2. The molecule has 1 saturated carbocycles. The van der Waals surface area contributed by atoms with Gasteiger partial charge in [0.1, 0.15) is 24.5 Å². The third kappa shape index (κ3) is 3.60. The van der Waals surface area contributed by atoms with Crippen LogP contribution in [-0.4, -0.2) is 37.3 Å². The van der Waals surface area contributed by atoms with E-state index in [1.165, 1.54) is 13.2 Å². The number of fused-ring (bicyclic) bond motifs is 1. The molecule has 0 bridgehead atoms. The predicted octanol–water partition coefficient (Wildman–Crippen LogP) is 2.58. The molecule has 2 aromatic carbocycles. The van der Waals surface area contributed by atoms with E-state index in [4.69, 9.17) is 14.2 Å². The molecule has 2 atom stereocenters. The van der Waals surface area contributed by atoms with E-state index in [0.717, 1.165) is 23.5 Å². The lowest BCUT2D eigenvalue weighted by Gasteiger charge is -2.18. The summed E-state index contributed by atoms with van der Waals surface area (Å²) >= 11 is 0. The van der Waals surface area contributed by atoms with Crippen molar-refractivity contribution in [2.24, 2.45) is 5.92 Å². The highest BCUT2D eigenvalue weighted by molar-refractivity contribution is 5.91. The summed E-state index contributed by atoms with van der Waals surface area (Å²) in [6, 6.07) is 10.7. The van der Waals surface area contributed by atoms with Crippen molar-refractivity contribution in [3.8, 4) is 17.2 Å². The number of nitrogens with one attached hydrogen (secondary N) is 1. The Kier molecular flexibility index (Phi) is 4.81. The van der Waals surface area contributed by atoms with E-state index in [9.17, 15) is 14.7 Å². The van der Waals surface area contributed by atoms with Gasteiger partial charge in [-0.1, -0.05) is 12.1 Å². The summed E-state index contributed by atoms with van der Waals surface area (Å²) in [5, 5.41) is 12.2. The highest BCUT2D eigenvalue weighted by Gasteiger charge is 2.44. The van der Waals surface area contributed by atoms with Gasteiger partial charge in [0.15, 0.2) is 11.5 Å². The van der Waals surface area contributed by atoms with Crippen molar-refractivity contribution in [2.45, 2.75) is 18.9 Å². The van der Waals surface area contributed by atoms with Crippen LogP contribution in [0.3, 0.4) is 0 Å². The van der Waals surface area contributed by atoms with Crippen LogP contribution in [0.5, 0.6) is 17.2 Å². The molecule has 7 heteroatoms. The standard InChI is InChI=1S/C21H21NO6/c1-26-17-4-2-12(8-16(17)21(24)25)11-22-20(23)15-10-14(15)13-3-5-18-19(9-13)28-7-6-27-18/h2-5,8-9,14-15H,6-7,10-11H2,1H3,(H,22,23)(H,24,25)/t14-,15-/m0/s1. The molecular formula is C21H21NO6. The number of aromatic carboxylic acids is 1. The zero-order valence-corrected chi connectivity index (χ0v) is 15.4. The first-order chi connectivity index (χ1) is 13.6.